The largest absolute Gasteiger partial charge is 0.611 e. The molecule has 3 aromatic rings. The average molecular weight is 1820 g/mol. The molecule has 3 amide bonds. The van der Waals surface area contributed by atoms with Gasteiger partial charge in [-0.1, -0.05) is 63.3 Å². The van der Waals surface area contributed by atoms with Crippen LogP contribution < -0.4 is 26.8 Å². The van der Waals surface area contributed by atoms with E-state index in [2.05, 4.69) is 15.6 Å². The van der Waals surface area contributed by atoms with E-state index < -0.39 is 119 Å². The number of carbonyl (C=O) groups is 6. The number of pyridine rings is 1. The van der Waals surface area contributed by atoms with Gasteiger partial charge in [-0.15, -0.1) is 0 Å². The van der Waals surface area contributed by atoms with Gasteiger partial charge >= 0.3 is 5.97 Å². The molecule has 708 valence electrons. The van der Waals surface area contributed by atoms with Gasteiger partial charge in [0.2, 0.25) is 11.7 Å². The number of cyclic esters (lactones) is 1. The van der Waals surface area contributed by atoms with Crippen LogP contribution in [-0.4, -0.2) is 305 Å². The number of aromatic nitrogens is 1. The van der Waals surface area contributed by atoms with Crippen molar-refractivity contribution in [3.8, 4) is 16.9 Å². The SMILES string of the molecule is CO[C@H]1C[C@@H]2CCC[C@@](O)(O2)C(=O)C(=O)N2CCCC[C@H]2C(=O)O[C@H]([C@H](N)C[C@@H]2CC[C@@H](OC(=S)NCCOCCOCCOCCOCCOCCOCCOCCOCCC(=O)NCC[S+]([O-])c3ccc(C(=O)N4CCOc5ccc(-c6ccc(N)nc6)cc5C4)c(C)c3F)[C@H](OC)C2)C[C@@H](O)[C@H](C)/C=C(\C)[C@@H](O)[C@@H](O)C(=O)[C@H](C)C[C@H](C)/C=C/C=C/C=C/1C. The number of ketones is 2. The Morgan fingerprint density at radius 2 is 1.38 bits per heavy atom. The summed E-state index contributed by atoms with van der Waals surface area (Å²) in [4.78, 5) is 89.9. The molecule has 0 radical (unpaired) electrons. The summed E-state index contributed by atoms with van der Waals surface area (Å²) in [6, 6.07) is 10.0. The number of ether oxygens (including phenoxy) is 14. The Morgan fingerprint density at radius 3 is 2.02 bits per heavy atom. The number of Topliss-reactive ketones (excluding diaryl/α,β-unsaturated/α-hetero) is 2. The van der Waals surface area contributed by atoms with E-state index in [4.69, 9.17) is 90.0 Å². The van der Waals surface area contributed by atoms with Crippen LogP contribution in [0.4, 0.5) is 10.2 Å². The number of nitrogens with two attached hydrogens (primary N) is 2. The minimum Gasteiger partial charge on any atom is -0.611 e. The van der Waals surface area contributed by atoms with Crippen LogP contribution in [0, 0.1) is 36.4 Å². The van der Waals surface area contributed by atoms with Gasteiger partial charge < -0.3 is 123 Å². The first kappa shape index (κ1) is 105. The lowest BCUT2D eigenvalue weighted by Gasteiger charge is -2.40. The number of aliphatic hydroxyl groups excluding tert-OH is 3. The van der Waals surface area contributed by atoms with Gasteiger partial charge in [0, 0.05) is 106 Å². The highest BCUT2D eigenvalue weighted by Crippen LogP contribution is 2.37. The quantitative estimate of drug-likeness (QED) is 0.00696. The van der Waals surface area contributed by atoms with Gasteiger partial charge in [0.15, 0.2) is 16.5 Å². The number of allylic oxidation sites excluding steroid dienone is 5. The highest BCUT2D eigenvalue weighted by molar-refractivity contribution is 7.91. The summed E-state index contributed by atoms with van der Waals surface area (Å²) >= 11 is 3.79. The number of hydrogen-bond acceptors (Lipinski definition) is 29. The first-order valence-corrected chi connectivity index (χ1v) is 46.1. The molecular formula is C92H136FN7O25S2. The molecule has 5 heterocycles. The Labute approximate surface area is 754 Å². The zero-order valence-electron chi connectivity index (χ0n) is 74.9. The van der Waals surface area contributed by atoms with Crippen LogP contribution in [-0.2, 0) is 103 Å². The van der Waals surface area contributed by atoms with E-state index in [1.807, 2.05) is 68.5 Å². The number of nitrogen functional groups attached to an aromatic ring is 1. The molecule has 16 atom stereocenters. The van der Waals surface area contributed by atoms with Crippen molar-refractivity contribution in [2.75, 3.05) is 164 Å². The van der Waals surface area contributed by atoms with Gasteiger partial charge in [0.1, 0.15) is 54.4 Å². The number of benzene rings is 2. The molecule has 2 saturated heterocycles. The maximum absolute atomic E-state index is 15.7. The van der Waals surface area contributed by atoms with E-state index in [9.17, 15) is 53.7 Å². The monoisotopic (exact) mass is 1820 g/mol. The number of aliphatic hydroxyl groups is 4. The van der Waals surface area contributed by atoms with E-state index in [1.54, 1.807) is 58.2 Å². The Bertz CT molecular complexity index is 4060. The zero-order valence-corrected chi connectivity index (χ0v) is 76.5. The fraction of sp³-hybridized carbons (Fsp3) is 0.652. The second-order valence-electron chi connectivity index (χ2n) is 33.0. The molecule has 1 saturated carbocycles. The first-order valence-electron chi connectivity index (χ1n) is 44.4. The fourth-order valence-electron chi connectivity index (χ4n) is 16.0. The first-order chi connectivity index (χ1) is 61.1. The van der Waals surface area contributed by atoms with Crippen molar-refractivity contribution in [3.63, 3.8) is 0 Å². The maximum Gasteiger partial charge on any atom is 0.329 e. The topological polar surface area (TPSA) is 431 Å². The van der Waals surface area contributed by atoms with Crippen LogP contribution >= 0.6 is 12.2 Å². The molecule has 3 fully saturated rings. The molecule has 32 nitrogen and oxygen atoms in total. The van der Waals surface area contributed by atoms with Crippen molar-refractivity contribution in [1.82, 2.24) is 25.4 Å². The lowest BCUT2D eigenvalue weighted by Crippen LogP contribution is -2.58. The number of anilines is 1. The minimum absolute atomic E-state index is 0.0289. The third kappa shape index (κ3) is 34.4. The van der Waals surface area contributed by atoms with E-state index in [-0.39, 0.29) is 134 Å². The number of hydrogen-bond donors (Lipinski definition) is 8. The lowest BCUT2D eigenvalue weighted by molar-refractivity contribution is -0.245. The number of rotatable bonds is 39. The summed E-state index contributed by atoms with van der Waals surface area (Å²) < 4.78 is 110. The molecule has 2 aromatic carbocycles. The number of nitrogens with one attached hydrogen (secondary N) is 2. The highest BCUT2D eigenvalue weighted by atomic mass is 32.2. The molecular weight excluding hydrogens is 1690 g/mol. The summed E-state index contributed by atoms with van der Waals surface area (Å²) in [7, 11) is 3.14. The van der Waals surface area contributed by atoms with Gasteiger partial charge in [-0.3, -0.25) is 24.0 Å². The second kappa shape index (κ2) is 55.7. The summed E-state index contributed by atoms with van der Waals surface area (Å²) in [5, 5.41) is 52.3. The Hall–Kier alpha value is -7.34. The number of carbonyl (C=O) groups excluding carboxylic acids is 6. The number of halogens is 1. The molecule has 1 unspecified atom stereocenters. The smallest absolute Gasteiger partial charge is 0.329 e. The van der Waals surface area contributed by atoms with Crippen LogP contribution in [0.5, 0.6) is 5.75 Å². The van der Waals surface area contributed by atoms with Crippen LogP contribution in [0.3, 0.4) is 0 Å². The minimum atomic E-state index is -2.45. The molecule has 2 bridgehead atoms. The van der Waals surface area contributed by atoms with Gasteiger partial charge in [-0.05, 0) is 173 Å². The van der Waals surface area contributed by atoms with Crippen LogP contribution in [0.2, 0.25) is 0 Å². The molecule has 0 spiro atoms. The van der Waals surface area contributed by atoms with Crippen molar-refractivity contribution in [1.29, 1.82) is 0 Å². The van der Waals surface area contributed by atoms with Gasteiger partial charge in [0.25, 0.3) is 22.8 Å². The Balaban J connectivity index is 0.633. The molecule has 4 aliphatic heterocycles. The summed E-state index contributed by atoms with van der Waals surface area (Å²) in [6.45, 7) is 17.0. The van der Waals surface area contributed by atoms with Crippen LogP contribution in [0.25, 0.3) is 11.1 Å². The highest BCUT2D eigenvalue weighted by Gasteiger charge is 2.50. The zero-order chi connectivity index (χ0) is 91.8. The van der Waals surface area contributed by atoms with Crippen molar-refractivity contribution in [2.45, 2.75) is 210 Å². The average Bonchev–Trinajstić information content (AvgIpc) is 1.61. The molecule has 1 aliphatic carbocycles. The third-order valence-corrected chi connectivity index (χ3v) is 25.0. The van der Waals surface area contributed by atoms with Crippen molar-refractivity contribution < 1.29 is 124 Å². The number of esters is 1. The Morgan fingerprint density at radius 1 is 0.724 bits per heavy atom. The van der Waals surface area contributed by atoms with E-state index in [0.29, 0.717) is 168 Å². The molecule has 8 rings (SSSR count). The van der Waals surface area contributed by atoms with Crippen LogP contribution in [0.1, 0.15) is 146 Å². The number of methoxy groups -OCH3 is 2. The van der Waals surface area contributed by atoms with Crippen molar-refractivity contribution >= 4 is 69.6 Å². The number of piperidine rings is 1. The van der Waals surface area contributed by atoms with Gasteiger partial charge in [-0.25, -0.2) is 14.2 Å². The summed E-state index contributed by atoms with van der Waals surface area (Å²) in [5.74, 6) is -7.93. The summed E-state index contributed by atoms with van der Waals surface area (Å²) in [6.07, 6.45) is 9.45. The predicted molar refractivity (Wildman–Crippen MR) is 476 cm³/mol. The molecule has 1 aromatic heterocycles. The third-order valence-electron chi connectivity index (χ3n) is 23.4. The van der Waals surface area contributed by atoms with E-state index in [0.717, 1.165) is 27.2 Å². The molecule has 10 N–H and O–H groups in total. The number of thiocarbonyl (C=S) groups is 1. The van der Waals surface area contributed by atoms with Crippen molar-refractivity contribution in [3.05, 3.63) is 119 Å². The van der Waals surface area contributed by atoms with Gasteiger partial charge in [-0.2, -0.15) is 0 Å². The summed E-state index contributed by atoms with van der Waals surface area (Å²) in [5.41, 5.74) is 16.7. The molecule has 35 heteroatoms. The standard InChI is InChI=1S/C92H136FN7O25S2/c1-60-15-10-9-11-16-61(2)77(112-7)56-70-17-14-28-92(110,125-70)87(106)89(108)100-31-13-12-18-73(100)90(109)123-78(57-74(101)62(3)52-64(5)85(104)86(105)84(103)63(4)51-60)72(94)53-66-19-23-76(79(54-66)113-8)124-91(126)97-29-34-115-37-39-117-41-43-119-45-47-121-49-48-120-46-44-118-42-40-116-38-36-114-33-27-82(102)96-30-50-127(111)80-25-22-71(65(6)83(80)93)88(107)99-32-35-122-75-24-20-67(55-69(75)59-99)68-21-26-81(95)98-58-68/h9-11,15-16,20-22,24-26,52,55,58,60,62-63,66,70,72-74,76-79,85-86,101,104-105,110H,12-14,17-19,23,27-51,53-54,56-57,59,94H2,1-8H3,(H2,95,98)(H,96,102)(H,97,126)/b11-9+,15-10+,61-16+,64-52+/t60-,62-,63-,66+,70+,72-,73+,74-,76-,77+,78+,79-,85-,86+,92-,127?/m1/s1. The lowest BCUT2D eigenvalue weighted by atomic mass is 9.80. The molecule has 127 heavy (non-hydrogen) atoms. The second-order valence-corrected chi connectivity index (χ2v) is 35.0. The molecule has 5 aliphatic rings. The number of fused-ring (bicyclic) bond motifs is 4. The van der Waals surface area contributed by atoms with E-state index >= 15 is 4.39 Å². The van der Waals surface area contributed by atoms with Crippen LogP contribution in [0.15, 0.2) is 101 Å². The number of amides is 3. The van der Waals surface area contributed by atoms with E-state index in [1.165, 1.54) is 19.1 Å². The van der Waals surface area contributed by atoms with Gasteiger partial charge in [0.05, 0.1) is 143 Å². The normalized spacial score (nSPS) is 27.1. The fourth-order valence-corrected chi connectivity index (χ4v) is 17.3. The van der Waals surface area contributed by atoms with Crippen molar-refractivity contribution in [2.24, 2.45) is 29.4 Å². The maximum atomic E-state index is 15.7. The predicted octanol–water partition coefficient (Wildman–Crippen LogP) is 7.24. The Kier molecular flexibility index (Phi) is 46.1. The number of nitrogens with zero attached hydrogens (tertiary/aromatic N) is 3.